The van der Waals surface area contributed by atoms with Gasteiger partial charge < -0.3 is 15.0 Å². The summed E-state index contributed by atoms with van der Waals surface area (Å²) in [7, 11) is 1.55. The van der Waals surface area contributed by atoms with E-state index in [0.29, 0.717) is 21.7 Å². The quantitative estimate of drug-likeness (QED) is 0.765. The van der Waals surface area contributed by atoms with Crippen LogP contribution in [-0.2, 0) is 6.54 Å². The van der Waals surface area contributed by atoms with Gasteiger partial charge in [-0.1, -0.05) is 23.7 Å². The number of carbonyl (C=O) groups excluding carboxylic acids is 1. The standard InChI is InChI=1S/C17H14ClN3O3/c1-21(17(24)12-8-10(18)6-7-14(12)22)9-15-19-13-5-3-2-4-11(13)16(23)20-15/h2-8,22H,9H2,1H3,(H,19,20,23). The Kier molecular flexibility index (Phi) is 4.22. The first kappa shape index (κ1) is 16.0. The number of amides is 1. The number of hydrogen-bond donors (Lipinski definition) is 2. The van der Waals surface area contributed by atoms with E-state index < -0.39 is 5.91 Å². The molecule has 0 spiro atoms. The number of hydrogen-bond acceptors (Lipinski definition) is 4. The van der Waals surface area contributed by atoms with E-state index in [9.17, 15) is 14.7 Å². The first-order valence-corrected chi connectivity index (χ1v) is 7.55. The number of aromatic amines is 1. The molecule has 1 amide bonds. The van der Waals surface area contributed by atoms with Gasteiger partial charge in [-0.15, -0.1) is 0 Å². The van der Waals surface area contributed by atoms with Gasteiger partial charge in [0.2, 0.25) is 0 Å². The van der Waals surface area contributed by atoms with E-state index in [2.05, 4.69) is 9.97 Å². The van der Waals surface area contributed by atoms with Gasteiger partial charge in [0.05, 0.1) is 23.0 Å². The van der Waals surface area contributed by atoms with Crippen molar-refractivity contribution in [2.24, 2.45) is 0 Å². The van der Waals surface area contributed by atoms with Gasteiger partial charge in [0.15, 0.2) is 0 Å². The molecule has 7 heteroatoms. The molecule has 0 unspecified atom stereocenters. The predicted octanol–water partition coefficient (Wildman–Crippen LogP) is 2.55. The van der Waals surface area contributed by atoms with Gasteiger partial charge in [-0.05, 0) is 30.3 Å². The summed E-state index contributed by atoms with van der Waals surface area (Å²) in [4.78, 5) is 32.9. The fourth-order valence-corrected chi connectivity index (χ4v) is 2.56. The molecule has 1 aromatic heterocycles. The summed E-state index contributed by atoms with van der Waals surface area (Å²) in [5.74, 6) is -0.224. The van der Waals surface area contributed by atoms with Crippen LogP contribution < -0.4 is 5.56 Å². The monoisotopic (exact) mass is 343 g/mol. The molecule has 6 nitrogen and oxygen atoms in total. The molecule has 2 N–H and O–H groups in total. The molecular formula is C17H14ClN3O3. The number of nitrogens with zero attached hydrogens (tertiary/aromatic N) is 2. The number of aromatic hydroxyl groups is 1. The molecule has 0 saturated carbocycles. The minimum Gasteiger partial charge on any atom is -0.507 e. The molecule has 24 heavy (non-hydrogen) atoms. The van der Waals surface area contributed by atoms with Gasteiger partial charge in [0.25, 0.3) is 11.5 Å². The summed E-state index contributed by atoms with van der Waals surface area (Å²) in [6.07, 6.45) is 0. The molecule has 2 aromatic carbocycles. The van der Waals surface area contributed by atoms with E-state index in [1.807, 2.05) is 0 Å². The second-order valence-corrected chi connectivity index (χ2v) is 5.79. The van der Waals surface area contributed by atoms with E-state index in [0.717, 1.165) is 0 Å². The number of benzene rings is 2. The second kappa shape index (κ2) is 6.33. The van der Waals surface area contributed by atoms with Crippen LogP contribution in [0.1, 0.15) is 16.2 Å². The molecule has 122 valence electrons. The highest BCUT2D eigenvalue weighted by Gasteiger charge is 2.17. The third-order valence-corrected chi connectivity index (χ3v) is 3.82. The minimum absolute atomic E-state index is 0.0882. The molecule has 0 radical (unpaired) electrons. The highest BCUT2D eigenvalue weighted by Crippen LogP contribution is 2.23. The number of nitrogens with one attached hydrogen (secondary N) is 1. The van der Waals surface area contributed by atoms with Crippen molar-refractivity contribution < 1.29 is 9.90 Å². The lowest BCUT2D eigenvalue weighted by Crippen LogP contribution is -2.28. The van der Waals surface area contributed by atoms with Gasteiger partial charge in [-0.3, -0.25) is 9.59 Å². The average molecular weight is 344 g/mol. The molecule has 0 aliphatic rings. The van der Waals surface area contributed by atoms with Gasteiger partial charge in [-0.25, -0.2) is 4.98 Å². The van der Waals surface area contributed by atoms with E-state index >= 15 is 0 Å². The zero-order chi connectivity index (χ0) is 17.3. The van der Waals surface area contributed by atoms with E-state index in [4.69, 9.17) is 11.6 Å². The normalized spacial score (nSPS) is 10.8. The van der Waals surface area contributed by atoms with Crippen LogP contribution in [0.25, 0.3) is 10.9 Å². The molecule has 3 rings (SSSR count). The van der Waals surface area contributed by atoms with Crippen LogP contribution in [-0.4, -0.2) is 32.9 Å². The minimum atomic E-state index is -0.425. The summed E-state index contributed by atoms with van der Waals surface area (Å²) < 4.78 is 0. The fourth-order valence-electron chi connectivity index (χ4n) is 2.39. The van der Waals surface area contributed by atoms with Gasteiger partial charge >= 0.3 is 0 Å². The van der Waals surface area contributed by atoms with Gasteiger partial charge in [0, 0.05) is 12.1 Å². The molecule has 1 heterocycles. The Labute approximate surface area is 142 Å². The third-order valence-electron chi connectivity index (χ3n) is 3.58. The molecular weight excluding hydrogens is 330 g/mol. The summed E-state index contributed by atoms with van der Waals surface area (Å²) in [5, 5.41) is 10.7. The lowest BCUT2D eigenvalue weighted by molar-refractivity contribution is 0.0778. The zero-order valence-corrected chi connectivity index (χ0v) is 13.5. The summed E-state index contributed by atoms with van der Waals surface area (Å²) >= 11 is 5.87. The van der Waals surface area contributed by atoms with Crippen LogP contribution in [0.2, 0.25) is 5.02 Å². The molecule has 0 aliphatic carbocycles. The van der Waals surface area contributed by atoms with Crippen LogP contribution in [0.3, 0.4) is 0 Å². The lowest BCUT2D eigenvalue weighted by atomic mass is 10.1. The molecule has 3 aromatic rings. The zero-order valence-electron chi connectivity index (χ0n) is 12.8. The predicted molar refractivity (Wildman–Crippen MR) is 91.3 cm³/mol. The molecule has 0 fully saturated rings. The van der Waals surface area contributed by atoms with E-state index in [-0.39, 0.29) is 23.4 Å². The Morgan fingerprint density at radius 2 is 2.04 bits per heavy atom. The van der Waals surface area contributed by atoms with Crippen molar-refractivity contribution >= 4 is 28.4 Å². The third kappa shape index (κ3) is 3.09. The van der Waals surface area contributed by atoms with Crippen LogP contribution >= 0.6 is 11.6 Å². The first-order chi connectivity index (χ1) is 11.5. The maximum absolute atomic E-state index is 12.5. The smallest absolute Gasteiger partial charge is 0.258 e. The second-order valence-electron chi connectivity index (χ2n) is 5.35. The van der Waals surface area contributed by atoms with Crippen molar-refractivity contribution in [1.29, 1.82) is 0 Å². The average Bonchev–Trinajstić information content (AvgIpc) is 2.56. The van der Waals surface area contributed by atoms with Crippen LogP contribution in [0.5, 0.6) is 5.75 Å². The first-order valence-electron chi connectivity index (χ1n) is 7.17. The maximum atomic E-state index is 12.5. The topological polar surface area (TPSA) is 86.3 Å². The molecule has 0 atom stereocenters. The van der Waals surface area contributed by atoms with E-state index in [1.54, 1.807) is 31.3 Å². The summed E-state index contributed by atoms with van der Waals surface area (Å²) in [6.45, 7) is 0.0882. The molecule has 0 aliphatic heterocycles. The highest BCUT2D eigenvalue weighted by atomic mass is 35.5. The molecule has 0 bridgehead atoms. The Balaban J connectivity index is 1.89. The number of aromatic nitrogens is 2. The van der Waals surface area contributed by atoms with Gasteiger partial charge in [0.1, 0.15) is 11.6 Å². The number of rotatable bonds is 3. The Hall–Kier alpha value is -2.86. The van der Waals surface area contributed by atoms with Crippen molar-refractivity contribution in [3.8, 4) is 5.75 Å². The number of phenolic OH excluding ortho intramolecular Hbond substituents is 1. The number of carbonyl (C=O) groups is 1. The van der Waals surface area contributed by atoms with Crippen molar-refractivity contribution in [2.45, 2.75) is 6.54 Å². The summed E-state index contributed by atoms with van der Waals surface area (Å²) in [5.41, 5.74) is 0.387. The Morgan fingerprint density at radius 1 is 1.29 bits per heavy atom. The number of H-pyrrole nitrogens is 1. The van der Waals surface area contributed by atoms with Crippen LogP contribution in [0.4, 0.5) is 0 Å². The van der Waals surface area contributed by atoms with E-state index in [1.165, 1.54) is 23.1 Å². The number of para-hydroxylation sites is 1. The highest BCUT2D eigenvalue weighted by molar-refractivity contribution is 6.31. The fraction of sp³-hybridized carbons (Fsp3) is 0.118. The van der Waals surface area contributed by atoms with Crippen LogP contribution in [0, 0.1) is 0 Å². The number of phenols is 1. The molecule has 0 saturated heterocycles. The lowest BCUT2D eigenvalue weighted by Gasteiger charge is -2.17. The van der Waals surface area contributed by atoms with Crippen LogP contribution in [0.15, 0.2) is 47.3 Å². The summed E-state index contributed by atoms with van der Waals surface area (Å²) in [6, 6.07) is 11.2. The SMILES string of the molecule is CN(Cc1nc2ccccc2c(=O)[nH]1)C(=O)c1cc(Cl)ccc1O. The van der Waals surface area contributed by atoms with Gasteiger partial charge in [-0.2, -0.15) is 0 Å². The maximum Gasteiger partial charge on any atom is 0.258 e. The van der Waals surface area contributed by atoms with Crippen molar-refractivity contribution in [1.82, 2.24) is 14.9 Å². The van der Waals surface area contributed by atoms with Crippen molar-refractivity contribution in [3.63, 3.8) is 0 Å². The number of halogens is 1. The largest absolute Gasteiger partial charge is 0.507 e. The Bertz CT molecular complexity index is 984. The van der Waals surface area contributed by atoms with Crippen molar-refractivity contribution in [2.75, 3.05) is 7.05 Å². The van der Waals surface area contributed by atoms with Crippen molar-refractivity contribution in [3.05, 3.63) is 69.2 Å². The Morgan fingerprint density at radius 3 is 2.83 bits per heavy atom. The number of fused-ring (bicyclic) bond motifs is 1.